The molecule has 1 aliphatic heterocycles. The minimum Gasteiger partial charge on any atom is -0.497 e. The molecule has 0 saturated carbocycles. The smallest absolute Gasteiger partial charge is 0.123 e. The van der Waals surface area contributed by atoms with Crippen LogP contribution < -0.4 is 14.8 Å². The Morgan fingerprint density at radius 2 is 1.93 bits per heavy atom. The Kier molecular flexibility index (Phi) is 3.45. The molecular weight excluding hydrogens is 190 g/mol. The molecule has 0 amide bonds. The number of rotatable bonds is 3. The van der Waals surface area contributed by atoms with Gasteiger partial charge in [-0.1, -0.05) is 6.07 Å². The van der Waals surface area contributed by atoms with Crippen molar-refractivity contribution < 1.29 is 14.8 Å². The van der Waals surface area contributed by atoms with Crippen molar-refractivity contribution in [3.05, 3.63) is 24.3 Å². The zero-order valence-electron chi connectivity index (χ0n) is 9.11. The van der Waals surface area contributed by atoms with Crippen LogP contribution in [-0.4, -0.2) is 26.3 Å². The molecule has 0 bridgehead atoms. The van der Waals surface area contributed by atoms with Crippen LogP contribution in [0.2, 0.25) is 0 Å². The van der Waals surface area contributed by atoms with Crippen LogP contribution in [0.1, 0.15) is 12.8 Å². The predicted octanol–water partition coefficient (Wildman–Crippen LogP) is 0.800. The van der Waals surface area contributed by atoms with E-state index in [1.807, 2.05) is 24.3 Å². The van der Waals surface area contributed by atoms with Gasteiger partial charge in [-0.15, -0.1) is 0 Å². The summed E-state index contributed by atoms with van der Waals surface area (Å²) in [6.45, 7) is 2.35. The third-order valence-electron chi connectivity index (χ3n) is 2.73. The second kappa shape index (κ2) is 5.03. The van der Waals surface area contributed by atoms with Gasteiger partial charge in [-0.2, -0.15) is 0 Å². The van der Waals surface area contributed by atoms with Crippen LogP contribution in [-0.2, 0) is 0 Å². The maximum absolute atomic E-state index is 5.90. The number of methoxy groups -OCH3 is 1. The van der Waals surface area contributed by atoms with Crippen LogP contribution in [0.15, 0.2) is 24.3 Å². The predicted molar refractivity (Wildman–Crippen MR) is 58.3 cm³/mol. The van der Waals surface area contributed by atoms with Gasteiger partial charge < -0.3 is 14.8 Å². The lowest BCUT2D eigenvalue weighted by Crippen LogP contribution is -2.86. The number of piperidine rings is 1. The van der Waals surface area contributed by atoms with Crippen molar-refractivity contribution in [2.45, 2.75) is 18.9 Å². The SMILES string of the molecule is COc1cccc(OC2CC[NH2+]CC2)c1. The van der Waals surface area contributed by atoms with Gasteiger partial charge in [0.15, 0.2) is 0 Å². The highest BCUT2D eigenvalue weighted by atomic mass is 16.5. The fourth-order valence-electron chi connectivity index (χ4n) is 1.88. The van der Waals surface area contributed by atoms with E-state index in [9.17, 15) is 0 Å². The first kappa shape index (κ1) is 10.3. The number of ether oxygens (including phenoxy) is 2. The van der Waals surface area contributed by atoms with Gasteiger partial charge in [-0.25, -0.2) is 0 Å². The third-order valence-corrected chi connectivity index (χ3v) is 2.73. The molecule has 0 aliphatic carbocycles. The average molecular weight is 208 g/mol. The fourth-order valence-corrected chi connectivity index (χ4v) is 1.88. The number of hydrogen-bond acceptors (Lipinski definition) is 2. The van der Waals surface area contributed by atoms with E-state index in [4.69, 9.17) is 9.47 Å². The zero-order chi connectivity index (χ0) is 10.5. The Labute approximate surface area is 90.4 Å². The minimum atomic E-state index is 0.377. The molecule has 3 heteroatoms. The van der Waals surface area contributed by atoms with E-state index in [2.05, 4.69) is 5.32 Å². The number of quaternary nitrogens is 1. The highest BCUT2D eigenvalue weighted by Gasteiger charge is 2.16. The molecule has 1 aliphatic rings. The van der Waals surface area contributed by atoms with Crippen molar-refractivity contribution in [1.29, 1.82) is 0 Å². The minimum absolute atomic E-state index is 0.377. The fraction of sp³-hybridized carbons (Fsp3) is 0.500. The van der Waals surface area contributed by atoms with Crippen LogP contribution in [0.25, 0.3) is 0 Å². The molecule has 0 unspecified atom stereocenters. The molecule has 15 heavy (non-hydrogen) atoms. The first-order valence-electron chi connectivity index (χ1n) is 5.51. The van der Waals surface area contributed by atoms with Crippen molar-refractivity contribution in [3.63, 3.8) is 0 Å². The third kappa shape index (κ3) is 2.86. The van der Waals surface area contributed by atoms with E-state index in [1.54, 1.807) is 7.11 Å². The van der Waals surface area contributed by atoms with Crippen molar-refractivity contribution >= 4 is 0 Å². The van der Waals surface area contributed by atoms with E-state index >= 15 is 0 Å². The van der Waals surface area contributed by atoms with E-state index in [1.165, 1.54) is 13.1 Å². The average Bonchev–Trinajstić information content (AvgIpc) is 2.31. The molecule has 0 atom stereocenters. The molecule has 2 rings (SSSR count). The second-order valence-corrected chi connectivity index (χ2v) is 3.86. The maximum Gasteiger partial charge on any atom is 0.123 e. The summed E-state index contributed by atoms with van der Waals surface area (Å²) < 4.78 is 11.1. The summed E-state index contributed by atoms with van der Waals surface area (Å²) in [4.78, 5) is 0. The van der Waals surface area contributed by atoms with E-state index < -0.39 is 0 Å². The molecule has 1 aromatic carbocycles. The van der Waals surface area contributed by atoms with Gasteiger partial charge in [0, 0.05) is 18.9 Å². The molecule has 2 N–H and O–H groups in total. The summed E-state index contributed by atoms with van der Waals surface area (Å²) in [7, 11) is 1.68. The van der Waals surface area contributed by atoms with Gasteiger partial charge in [-0.05, 0) is 12.1 Å². The summed E-state index contributed by atoms with van der Waals surface area (Å²) in [5.74, 6) is 1.77. The van der Waals surface area contributed by atoms with Gasteiger partial charge in [-0.3, -0.25) is 0 Å². The molecular formula is C12H18NO2+. The summed E-state index contributed by atoms with van der Waals surface area (Å²) in [6, 6.07) is 7.82. The standard InChI is InChI=1S/C12H17NO2/c1-14-11-3-2-4-12(9-11)15-10-5-7-13-8-6-10/h2-4,9-10,13H,5-8H2,1H3/p+1. The summed E-state index contributed by atoms with van der Waals surface area (Å²) in [5, 5.41) is 2.34. The van der Waals surface area contributed by atoms with E-state index in [-0.39, 0.29) is 0 Å². The number of hydrogen-bond donors (Lipinski definition) is 1. The molecule has 0 aromatic heterocycles. The molecule has 0 radical (unpaired) electrons. The van der Waals surface area contributed by atoms with Crippen molar-refractivity contribution in [3.8, 4) is 11.5 Å². The normalized spacial score (nSPS) is 17.4. The van der Waals surface area contributed by atoms with Crippen LogP contribution >= 0.6 is 0 Å². The van der Waals surface area contributed by atoms with Gasteiger partial charge in [0.25, 0.3) is 0 Å². The number of nitrogens with two attached hydrogens (primary N) is 1. The van der Waals surface area contributed by atoms with Crippen LogP contribution in [0.5, 0.6) is 11.5 Å². The summed E-state index contributed by atoms with van der Waals surface area (Å²) in [5.41, 5.74) is 0. The quantitative estimate of drug-likeness (QED) is 0.797. The van der Waals surface area contributed by atoms with Gasteiger partial charge in [0.1, 0.15) is 17.6 Å². The Hall–Kier alpha value is -1.22. The lowest BCUT2D eigenvalue weighted by molar-refractivity contribution is -0.664. The Morgan fingerprint density at radius 3 is 2.67 bits per heavy atom. The van der Waals surface area contributed by atoms with Gasteiger partial charge in [0.05, 0.1) is 20.2 Å². The summed E-state index contributed by atoms with van der Waals surface area (Å²) in [6.07, 6.45) is 2.65. The number of benzene rings is 1. The lowest BCUT2D eigenvalue weighted by Gasteiger charge is -2.21. The zero-order valence-corrected chi connectivity index (χ0v) is 9.11. The first-order chi connectivity index (χ1) is 7.38. The Balaban J connectivity index is 1.96. The molecule has 1 aromatic rings. The highest BCUT2D eigenvalue weighted by Crippen LogP contribution is 2.21. The molecule has 1 fully saturated rings. The van der Waals surface area contributed by atoms with Crippen LogP contribution in [0, 0.1) is 0 Å². The molecule has 1 saturated heterocycles. The second-order valence-electron chi connectivity index (χ2n) is 3.86. The van der Waals surface area contributed by atoms with Crippen molar-refractivity contribution in [2.24, 2.45) is 0 Å². The topological polar surface area (TPSA) is 35.1 Å². The molecule has 82 valence electrons. The van der Waals surface area contributed by atoms with Crippen molar-refractivity contribution in [2.75, 3.05) is 20.2 Å². The maximum atomic E-state index is 5.90. The monoisotopic (exact) mass is 208 g/mol. The molecule has 1 heterocycles. The highest BCUT2D eigenvalue weighted by molar-refractivity contribution is 5.32. The van der Waals surface area contributed by atoms with Crippen LogP contribution in [0.3, 0.4) is 0 Å². The summed E-state index contributed by atoms with van der Waals surface area (Å²) >= 11 is 0. The van der Waals surface area contributed by atoms with Crippen molar-refractivity contribution in [1.82, 2.24) is 0 Å². The van der Waals surface area contributed by atoms with E-state index in [0.717, 1.165) is 24.3 Å². The largest absolute Gasteiger partial charge is 0.497 e. The van der Waals surface area contributed by atoms with Crippen LogP contribution in [0.4, 0.5) is 0 Å². The van der Waals surface area contributed by atoms with Gasteiger partial charge in [0.2, 0.25) is 0 Å². The molecule has 3 nitrogen and oxygen atoms in total. The first-order valence-corrected chi connectivity index (χ1v) is 5.51. The van der Waals surface area contributed by atoms with E-state index in [0.29, 0.717) is 6.10 Å². The Morgan fingerprint density at radius 1 is 1.20 bits per heavy atom. The van der Waals surface area contributed by atoms with Gasteiger partial charge >= 0.3 is 0 Å². The lowest BCUT2D eigenvalue weighted by atomic mass is 10.1. The molecule has 0 spiro atoms. The Bertz CT molecular complexity index is 308.